The van der Waals surface area contributed by atoms with E-state index in [1.165, 1.54) is 11.1 Å². The third-order valence-corrected chi connectivity index (χ3v) is 5.21. The lowest BCUT2D eigenvalue weighted by Gasteiger charge is -2.31. The Hall–Kier alpha value is -2.13. The average Bonchev–Trinajstić information content (AvgIpc) is 3.06. The third kappa shape index (κ3) is 4.10. The quantitative estimate of drug-likeness (QED) is 0.738. The van der Waals surface area contributed by atoms with Crippen LogP contribution in [0.1, 0.15) is 37.4 Å². The van der Waals surface area contributed by atoms with E-state index in [2.05, 4.69) is 60.4 Å². The SMILES string of the molecule is CCOC(=O)[C@H]1[C@@H](Cc2ccccc2)CCN1[C@H](C)c1ccccc1. The average molecular weight is 337 g/mol. The molecule has 1 aliphatic heterocycles. The van der Waals surface area contributed by atoms with Gasteiger partial charge in [-0.3, -0.25) is 9.69 Å². The third-order valence-electron chi connectivity index (χ3n) is 5.21. The van der Waals surface area contributed by atoms with Crippen molar-refractivity contribution in [3.05, 3.63) is 71.8 Å². The van der Waals surface area contributed by atoms with Gasteiger partial charge in [0.2, 0.25) is 0 Å². The maximum absolute atomic E-state index is 12.7. The lowest BCUT2D eigenvalue weighted by molar-refractivity contribution is -0.150. The summed E-state index contributed by atoms with van der Waals surface area (Å²) in [6.07, 6.45) is 1.94. The summed E-state index contributed by atoms with van der Waals surface area (Å²) in [5, 5.41) is 0. The molecule has 0 spiro atoms. The highest BCUT2D eigenvalue weighted by Crippen LogP contribution is 2.35. The molecule has 0 amide bonds. The van der Waals surface area contributed by atoms with Crippen molar-refractivity contribution in [3.8, 4) is 0 Å². The highest BCUT2D eigenvalue weighted by Gasteiger charge is 2.42. The van der Waals surface area contributed by atoms with Crippen LogP contribution in [-0.2, 0) is 16.0 Å². The summed E-state index contributed by atoms with van der Waals surface area (Å²) in [7, 11) is 0. The van der Waals surface area contributed by atoms with Gasteiger partial charge in [-0.15, -0.1) is 0 Å². The molecule has 0 aliphatic carbocycles. The minimum atomic E-state index is -0.171. The van der Waals surface area contributed by atoms with Crippen LogP contribution in [0.3, 0.4) is 0 Å². The molecule has 1 saturated heterocycles. The molecule has 132 valence electrons. The van der Waals surface area contributed by atoms with Crippen LogP contribution in [0, 0.1) is 5.92 Å². The molecular weight excluding hydrogens is 310 g/mol. The number of hydrogen-bond acceptors (Lipinski definition) is 3. The second-order valence-corrected chi connectivity index (χ2v) is 6.76. The van der Waals surface area contributed by atoms with E-state index in [1.54, 1.807) is 0 Å². The van der Waals surface area contributed by atoms with Gasteiger partial charge in [-0.25, -0.2) is 0 Å². The Morgan fingerprint density at radius 2 is 1.76 bits per heavy atom. The van der Waals surface area contributed by atoms with Gasteiger partial charge in [0.05, 0.1) is 6.61 Å². The Labute approximate surface area is 150 Å². The van der Waals surface area contributed by atoms with E-state index in [-0.39, 0.29) is 18.1 Å². The molecule has 0 aromatic heterocycles. The van der Waals surface area contributed by atoms with E-state index in [4.69, 9.17) is 4.74 Å². The van der Waals surface area contributed by atoms with Crippen molar-refractivity contribution < 1.29 is 9.53 Å². The van der Waals surface area contributed by atoms with Crippen molar-refractivity contribution in [2.24, 2.45) is 5.92 Å². The number of ether oxygens (including phenoxy) is 1. The van der Waals surface area contributed by atoms with Crippen LogP contribution >= 0.6 is 0 Å². The minimum absolute atomic E-state index is 0.0799. The molecule has 3 nitrogen and oxygen atoms in total. The number of rotatable bonds is 6. The molecule has 3 rings (SSSR count). The van der Waals surface area contributed by atoms with Gasteiger partial charge in [0.1, 0.15) is 6.04 Å². The second-order valence-electron chi connectivity index (χ2n) is 6.76. The normalized spacial score (nSPS) is 21.8. The van der Waals surface area contributed by atoms with Gasteiger partial charge in [-0.1, -0.05) is 60.7 Å². The molecule has 0 bridgehead atoms. The van der Waals surface area contributed by atoms with Crippen LogP contribution in [0.15, 0.2) is 60.7 Å². The zero-order chi connectivity index (χ0) is 17.6. The van der Waals surface area contributed by atoms with Crippen molar-refractivity contribution >= 4 is 5.97 Å². The largest absolute Gasteiger partial charge is 0.465 e. The van der Waals surface area contributed by atoms with Crippen LogP contribution < -0.4 is 0 Å². The molecule has 1 aliphatic rings. The van der Waals surface area contributed by atoms with E-state index < -0.39 is 0 Å². The Bertz CT molecular complexity index is 671. The first-order valence-electron chi connectivity index (χ1n) is 9.22. The lowest BCUT2D eigenvalue weighted by atomic mass is 9.92. The van der Waals surface area contributed by atoms with Gasteiger partial charge >= 0.3 is 5.97 Å². The van der Waals surface area contributed by atoms with Gasteiger partial charge in [0.25, 0.3) is 0 Å². The molecule has 0 unspecified atom stereocenters. The predicted molar refractivity (Wildman–Crippen MR) is 100 cm³/mol. The van der Waals surface area contributed by atoms with Crippen molar-refractivity contribution in [2.45, 2.75) is 38.8 Å². The standard InChI is InChI=1S/C22H27NO2/c1-3-25-22(24)21-20(16-18-10-6-4-7-11-18)14-15-23(21)17(2)19-12-8-5-9-13-19/h4-13,17,20-21H,3,14-16H2,1-2H3/t17-,20-,21-/m1/s1. The Morgan fingerprint density at radius 1 is 1.12 bits per heavy atom. The Balaban J connectivity index is 1.81. The second kappa shape index (κ2) is 8.30. The van der Waals surface area contributed by atoms with E-state index in [0.717, 1.165) is 19.4 Å². The first-order chi connectivity index (χ1) is 12.2. The number of carbonyl (C=O) groups is 1. The fraction of sp³-hybridized carbons (Fsp3) is 0.409. The summed E-state index contributed by atoms with van der Waals surface area (Å²) in [6, 6.07) is 20.9. The summed E-state index contributed by atoms with van der Waals surface area (Å²) >= 11 is 0. The molecule has 0 N–H and O–H groups in total. The van der Waals surface area contributed by atoms with Gasteiger partial charge < -0.3 is 4.74 Å². The molecule has 1 fully saturated rings. The van der Waals surface area contributed by atoms with Crippen LogP contribution in [0.2, 0.25) is 0 Å². The Kier molecular flexibility index (Phi) is 5.87. The minimum Gasteiger partial charge on any atom is -0.465 e. The smallest absolute Gasteiger partial charge is 0.323 e. The van der Waals surface area contributed by atoms with Crippen molar-refractivity contribution in [1.29, 1.82) is 0 Å². The molecule has 2 aromatic carbocycles. The highest BCUT2D eigenvalue weighted by molar-refractivity contribution is 5.76. The summed E-state index contributed by atoms with van der Waals surface area (Å²) in [5.41, 5.74) is 2.54. The molecule has 0 radical (unpaired) electrons. The molecule has 3 heteroatoms. The molecule has 1 heterocycles. The molecule has 2 aromatic rings. The fourth-order valence-corrected chi connectivity index (χ4v) is 3.93. The van der Waals surface area contributed by atoms with E-state index in [1.807, 2.05) is 19.1 Å². The fourth-order valence-electron chi connectivity index (χ4n) is 3.93. The Morgan fingerprint density at radius 3 is 2.40 bits per heavy atom. The van der Waals surface area contributed by atoms with E-state index >= 15 is 0 Å². The number of carbonyl (C=O) groups excluding carboxylic acids is 1. The number of hydrogen-bond donors (Lipinski definition) is 0. The molecule has 3 atom stereocenters. The summed E-state index contributed by atoms with van der Waals surface area (Å²) in [4.78, 5) is 15.0. The first kappa shape index (κ1) is 17.7. The number of likely N-dealkylation sites (tertiary alicyclic amines) is 1. The molecule has 25 heavy (non-hydrogen) atoms. The first-order valence-corrected chi connectivity index (χ1v) is 9.22. The summed E-state index contributed by atoms with van der Waals surface area (Å²) in [5.74, 6) is 0.219. The van der Waals surface area contributed by atoms with Crippen LogP contribution in [-0.4, -0.2) is 30.1 Å². The summed E-state index contributed by atoms with van der Waals surface area (Å²) < 4.78 is 5.43. The monoisotopic (exact) mass is 337 g/mol. The molecule has 0 saturated carbocycles. The summed E-state index contributed by atoms with van der Waals surface area (Å²) in [6.45, 7) is 5.43. The van der Waals surface area contributed by atoms with Gasteiger partial charge in [0, 0.05) is 6.04 Å². The zero-order valence-corrected chi connectivity index (χ0v) is 15.1. The highest BCUT2D eigenvalue weighted by atomic mass is 16.5. The number of esters is 1. The predicted octanol–water partition coefficient (Wildman–Crippen LogP) is 4.24. The van der Waals surface area contributed by atoms with Gasteiger partial charge in [-0.2, -0.15) is 0 Å². The zero-order valence-electron chi connectivity index (χ0n) is 15.1. The van der Waals surface area contributed by atoms with E-state index in [0.29, 0.717) is 12.5 Å². The van der Waals surface area contributed by atoms with Crippen LogP contribution in [0.25, 0.3) is 0 Å². The lowest BCUT2D eigenvalue weighted by Crippen LogP contribution is -2.42. The van der Waals surface area contributed by atoms with Crippen LogP contribution in [0.5, 0.6) is 0 Å². The van der Waals surface area contributed by atoms with Crippen molar-refractivity contribution in [2.75, 3.05) is 13.2 Å². The van der Waals surface area contributed by atoms with E-state index in [9.17, 15) is 4.79 Å². The van der Waals surface area contributed by atoms with Crippen molar-refractivity contribution in [3.63, 3.8) is 0 Å². The molecular formula is C22H27NO2. The van der Waals surface area contributed by atoms with Crippen LogP contribution in [0.4, 0.5) is 0 Å². The number of benzene rings is 2. The maximum Gasteiger partial charge on any atom is 0.323 e. The number of nitrogens with zero attached hydrogens (tertiary/aromatic N) is 1. The topological polar surface area (TPSA) is 29.5 Å². The van der Waals surface area contributed by atoms with Crippen molar-refractivity contribution in [1.82, 2.24) is 4.90 Å². The maximum atomic E-state index is 12.7. The van der Waals surface area contributed by atoms with Gasteiger partial charge in [0.15, 0.2) is 0 Å². The van der Waals surface area contributed by atoms with Gasteiger partial charge in [-0.05, 0) is 50.3 Å².